The second kappa shape index (κ2) is 11.4. The van der Waals surface area contributed by atoms with Gasteiger partial charge < -0.3 is 4.57 Å². The third-order valence-corrected chi connectivity index (χ3v) is 9.75. The molecule has 50 heavy (non-hydrogen) atoms. The molecule has 10 aromatic rings. The molecule has 0 atom stereocenters. The monoisotopic (exact) mass is 638 g/mol. The Kier molecular flexibility index (Phi) is 6.46. The van der Waals surface area contributed by atoms with Gasteiger partial charge in [0, 0.05) is 44.4 Å². The first-order valence-electron chi connectivity index (χ1n) is 16.9. The fraction of sp³-hybridized carbons (Fsp3) is 0. The average molecular weight is 639 g/mol. The summed E-state index contributed by atoms with van der Waals surface area (Å²) in [5.41, 5.74) is 11.0. The van der Waals surface area contributed by atoms with Gasteiger partial charge >= 0.3 is 0 Å². The number of aromatic nitrogens is 4. The lowest BCUT2D eigenvalue weighted by atomic mass is 10.0. The molecule has 0 fully saturated rings. The third kappa shape index (κ3) is 4.46. The van der Waals surface area contributed by atoms with Crippen LogP contribution in [-0.4, -0.2) is 19.1 Å². The highest BCUT2D eigenvalue weighted by Gasteiger charge is 2.22. The first kappa shape index (κ1) is 28.3. The number of hydrogen-bond donors (Lipinski definition) is 0. The highest BCUT2D eigenvalue weighted by atomic mass is 15.1. The molecule has 0 amide bonds. The largest absolute Gasteiger partial charge is 0.309 e. The maximum atomic E-state index is 5.29. The Morgan fingerprint density at radius 3 is 1.64 bits per heavy atom. The van der Waals surface area contributed by atoms with Crippen molar-refractivity contribution in [1.82, 2.24) is 19.1 Å². The Morgan fingerprint density at radius 2 is 0.920 bits per heavy atom. The molecule has 10 rings (SSSR count). The highest BCUT2D eigenvalue weighted by molar-refractivity contribution is 6.26. The first-order valence-corrected chi connectivity index (χ1v) is 16.9. The Labute approximate surface area is 289 Å². The summed E-state index contributed by atoms with van der Waals surface area (Å²) in [6, 6.07) is 64.2. The minimum atomic E-state index is 0.690. The quantitative estimate of drug-likeness (QED) is 0.188. The smallest absolute Gasteiger partial charge is 0.162 e. The number of hydrogen-bond acceptors (Lipinski definition) is 2. The van der Waals surface area contributed by atoms with Crippen LogP contribution >= 0.6 is 0 Å². The van der Waals surface area contributed by atoms with Crippen molar-refractivity contribution in [2.75, 3.05) is 0 Å². The van der Waals surface area contributed by atoms with E-state index in [0.717, 1.165) is 39.4 Å². The molecule has 0 aliphatic carbocycles. The topological polar surface area (TPSA) is 35.6 Å². The summed E-state index contributed by atoms with van der Waals surface area (Å²) in [4.78, 5) is 10.4. The lowest BCUT2D eigenvalue weighted by Crippen LogP contribution is -2.02. The normalized spacial score (nSPS) is 11.6. The van der Waals surface area contributed by atoms with E-state index >= 15 is 0 Å². The standard InChI is InChI=1S/C46H30N4/c1-4-14-31(15-5-1)32-24-26-33(27-25-32)39-30-43(48-46(47-39)34-16-6-2-7-17-34)50-41-23-13-11-21-38(41)44-42(50)29-28-37-36-20-10-12-22-40(36)49(45(37)44)35-18-8-3-9-19-35/h1-30H. The van der Waals surface area contributed by atoms with Crippen LogP contribution in [0.5, 0.6) is 0 Å². The molecule has 0 unspecified atom stereocenters. The fourth-order valence-electron chi connectivity index (χ4n) is 7.48. The molecule has 0 N–H and O–H groups in total. The Bertz CT molecular complexity index is 2830. The molecule has 0 spiro atoms. The van der Waals surface area contributed by atoms with E-state index in [0.29, 0.717) is 5.82 Å². The Balaban J connectivity index is 1.27. The van der Waals surface area contributed by atoms with Crippen LogP contribution in [-0.2, 0) is 0 Å². The molecule has 0 saturated carbocycles. The lowest BCUT2D eigenvalue weighted by Gasteiger charge is -2.13. The molecule has 0 aliphatic rings. The molecule has 0 saturated heterocycles. The van der Waals surface area contributed by atoms with Crippen molar-refractivity contribution in [3.8, 4) is 45.3 Å². The molecule has 4 heteroatoms. The van der Waals surface area contributed by atoms with E-state index < -0.39 is 0 Å². The molecule has 0 bridgehead atoms. The van der Waals surface area contributed by atoms with E-state index in [1.54, 1.807) is 0 Å². The Hall–Kier alpha value is -6.78. The number of nitrogens with zero attached hydrogens (tertiary/aromatic N) is 4. The van der Waals surface area contributed by atoms with E-state index in [9.17, 15) is 0 Å². The van der Waals surface area contributed by atoms with Gasteiger partial charge in [0.2, 0.25) is 0 Å². The van der Waals surface area contributed by atoms with E-state index in [1.807, 2.05) is 24.3 Å². The molecular formula is C46H30N4. The average Bonchev–Trinajstić information content (AvgIpc) is 3.72. The van der Waals surface area contributed by atoms with Crippen molar-refractivity contribution in [3.63, 3.8) is 0 Å². The highest BCUT2D eigenvalue weighted by Crippen LogP contribution is 2.42. The molecule has 4 nitrogen and oxygen atoms in total. The zero-order valence-corrected chi connectivity index (χ0v) is 27.1. The fourth-order valence-corrected chi connectivity index (χ4v) is 7.48. The molecule has 3 aromatic heterocycles. The minimum absolute atomic E-state index is 0.690. The van der Waals surface area contributed by atoms with Gasteiger partial charge in [-0.15, -0.1) is 0 Å². The van der Waals surface area contributed by atoms with Crippen molar-refractivity contribution in [2.45, 2.75) is 0 Å². The van der Waals surface area contributed by atoms with Crippen molar-refractivity contribution in [2.24, 2.45) is 0 Å². The van der Waals surface area contributed by atoms with Crippen molar-refractivity contribution < 1.29 is 0 Å². The summed E-state index contributed by atoms with van der Waals surface area (Å²) in [5, 5.41) is 4.85. The van der Waals surface area contributed by atoms with Gasteiger partial charge in [0.25, 0.3) is 0 Å². The van der Waals surface area contributed by atoms with Crippen LogP contribution in [0.15, 0.2) is 182 Å². The SMILES string of the molecule is c1ccc(-c2ccc(-c3cc(-n4c5ccccc5c5c4ccc4c6ccccc6n(-c6ccccc6)c45)nc(-c4ccccc4)n3)cc2)cc1. The maximum Gasteiger partial charge on any atom is 0.162 e. The van der Waals surface area contributed by atoms with Crippen LogP contribution in [0.4, 0.5) is 0 Å². The predicted octanol–water partition coefficient (Wildman–Crippen LogP) is 11.7. The number of para-hydroxylation sites is 3. The second-order valence-corrected chi connectivity index (χ2v) is 12.6. The zero-order chi connectivity index (χ0) is 33.0. The summed E-state index contributed by atoms with van der Waals surface area (Å²) in [6.45, 7) is 0. The number of benzene rings is 7. The van der Waals surface area contributed by atoms with E-state index in [4.69, 9.17) is 9.97 Å². The van der Waals surface area contributed by atoms with Gasteiger partial charge in [0.15, 0.2) is 5.82 Å². The Morgan fingerprint density at radius 1 is 0.360 bits per heavy atom. The van der Waals surface area contributed by atoms with Crippen LogP contribution in [0.1, 0.15) is 0 Å². The van der Waals surface area contributed by atoms with Crippen molar-refractivity contribution in [1.29, 1.82) is 0 Å². The third-order valence-electron chi connectivity index (χ3n) is 9.75. The minimum Gasteiger partial charge on any atom is -0.309 e. The van der Waals surface area contributed by atoms with Crippen LogP contribution in [0.2, 0.25) is 0 Å². The molecule has 0 aliphatic heterocycles. The van der Waals surface area contributed by atoms with Crippen LogP contribution in [0.3, 0.4) is 0 Å². The number of rotatable bonds is 5. The zero-order valence-electron chi connectivity index (χ0n) is 27.1. The second-order valence-electron chi connectivity index (χ2n) is 12.6. The molecular weight excluding hydrogens is 609 g/mol. The summed E-state index contributed by atoms with van der Waals surface area (Å²) in [6.07, 6.45) is 0. The summed E-state index contributed by atoms with van der Waals surface area (Å²) in [7, 11) is 0. The maximum absolute atomic E-state index is 5.29. The molecule has 7 aromatic carbocycles. The van der Waals surface area contributed by atoms with Crippen LogP contribution in [0.25, 0.3) is 88.9 Å². The van der Waals surface area contributed by atoms with Gasteiger partial charge in [-0.2, -0.15) is 0 Å². The van der Waals surface area contributed by atoms with Gasteiger partial charge in [0.1, 0.15) is 5.82 Å². The summed E-state index contributed by atoms with van der Waals surface area (Å²) >= 11 is 0. The van der Waals surface area contributed by atoms with E-state index in [1.165, 1.54) is 43.7 Å². The van der Waals surface area contributed by atoms with Crippen LogP contribution in [0, 0.1) is 0 Å². The van der Waals surface area contributed by atoms with Gasteiger partial charge in [0.05, 0.1) is 27.8 Å². The van der Waals surface area contributed by atoms with Crippen LogP contribution < -0.4 is 0 Å². The van der Waals surface area contributed by atoms with Crippen molar-refractivity contribution in [3.05, 3.63) is 182 Å². The summed E-state index contributed by atoms with van der Waals surface area (Å²) in [5.74, 6) is 1.52. The molecule has 234 valence electrons. The lowest BCUT2D eigenvalue weighted by molar-refractivity contribution is 1.05. The molecule has 0 radical (unpaired) electrons. The van der Waals surface area contributed by atoms with Gasteiger partial charge in [-0.3, -0.25) is 4.57 Å². The van der Waals surface area contributed by atoms with Gasteiger partial charge in [-0.25, -0.2) is 9.97 Å². The number of fused-ring (bicyclic) bond motifs is 7. The molecule has 3 heterocycles. The predicted molar refractivity (Wildman–Crippen MR) is 207 cm³/mol. The van der Waals surface area contributed by atoms with E-state index in [2.05, 4.69) is 167 Å². The first-order chi connectivity index (χ1) is 24.8. The van der Waals surface area contributed by atoms with E-state index in [-0.39, 0.29) is 0 Å². The van der Waals surface area contributed by atoms with Crippen molar-refractivity contribution >= 4 is 43.6 Å². The van der Waals surface area contributed by atoms with Gasteiger partial charge in [-0.1, -0.05) is 146 Å². The summed E-state index contributed by atoms with van der Waals surface area (Å²) < 4.78 is 4.73. The van der Waals surface area contributed by atoms with Gasteiger partial charge in [-0.05, 0) is 41.5 Å².